The van der Waals surface area contributed by atoms with Gasteiger partial charge in [-0.15, -0.1) is 12.4 Å². The van der Waals surface area contributed by atoms with Gasteiger partial charge in [0.05, 0.1) is 0 Å². The summed E-state index contributed by atoms with van der Waals surface area (Å²) < 4.78 is 0. The van der Waals surface area contributed by atoms with Crippen LogP contribution in [0.25, 0.3) is 0 Å². The van der Waals surface area contributed by atoms with Crippen molar-refractivity contribution in [2.45, 2.75) is 42.8 Å². The Bertz CT molecular complexity index is 328. The van der Waals surface area contributed by atoms with Gasteiger partial charge in [-0.3, -0.25) is 0 Å². The van der Waals surface area contributed by atoms with E-state index in [2.05, 4.69) is 31.3 Å². The Morgan fingerprint density at radius 3 is 2.41 bits per heavy atom. The van der Waals surface area contributed by atoms with E-state index < -0.39 is 14.7 Å². The fourth-order valence-electron chi connectivity index (χ4n) is 2.43. The number of phenolic OH excluding ortho intramolecular Hbond substituents is 1. The third-order valence-corrected chi connectivity index (χ3v) is 5.82. The van der Waals surface area contributed by atoms with Gasteiger partial charge in [0, 0.05) is 0 Å². The molecule has 1 N–H and O–H groups in total. The SMILES string of the molecule is CCC(c1cccc(O)c1)C(C)C[As](C)C.Cl. The van der Waals surface area contributed by atoms with Crippen LogP contribution in [-0.4, -0.2) is 19.8 Å². The van der Waals surface area contributed by atoms with E-state index in [4.69, 9.17) is 0 Å². The quantitative estimate of drug-likeness (QED) is 0.780. The summed E-state index contributed by atoms with van der Waals surface area (Å²) >= 11 is -0.559. The molecule has 17 heavy (non-hydrogen) atoms. The van der Waals surface area contributed by atoms with E-state index >= 15 is 0 Å². The predicted molar refractivity (Wildman–Crippen MR) is 79.8 cm³/mol. The number of hydrogen-bond acceptors (Lipinski definition) is 1. The average Bonchev–Trinajstić information content (AvgIpc) is 2.17. The van der Waals surface area contributed by atoms with Gasteiger partial charge in [-0.2, -0.15) is 0 Å². The first-order chi connectivity index (χ1) is 7.54. The Labute approximate surface area is 116 Å². The molecule has 0 aromatic heterocycles. The molecule has 1 rings (SSSR count). The van der Waals surface area contributed by atoms with Crippen molar-refractivity contribution in [2.24, 2.45) is 5.92 Å². The fourth-order valence-corrected chi connectivity index (χ4v) is 5.38. The van der Waals surface area contributed by atoms with Gasteiger partial charge in [0.15, 0.2) is 0 Å². The van der Waals surface area contributed by atoms with Crippen LogP contribution in [0.4, 0.5) is 0 Å². The van der Waals surface area contributed by atoms with Crippen LogP contribution >= 0.6 is 12.4 Å². The molecule has 2 unspecified atom stereocenters. The standard InChI is InChI=1S/C14H23AsO.ClH/c1-5-14(11(2)10-15(3)4)12-7-6-8-13(16)9-12;/h6-9,11,14,16H,5,10H2,1-4H3;1H. The van der Waals surface area contributed by atoms with E-state index in [9.17, 15) is 5.11 Å². The summed E-state index contributed by atoms with van der Waals surface area (Å²) in [6.07, 6.45) is 1.16. The topological polar surface area (TPSA) is 20.2 Å². The molecule has 0 amide bonds. The summed E-state index contributed by atoms with van der Waals surface area (Å²) in [5.74, 6) is 1.73. The Hall–Kier alpha value is -0.132. The van der Waals surface area contributed by atoms with Crippen LogP contribution in [0.2, 0.25) is 16.6 Å². The van der Waals surface area contributed by atoms with E-state index in [1.165, 1.54) is 10.8 Å². The summed E-state index contributed by atoms with van der Waals surface area (Å²) in [6, 6.07) is 7.77. The Balaban J connectivity index is 0.00000256. The van der Waals surface area contributed by atoms with Crippen molar-refractivity contribution in [1.29, 1.82) is 0 Å². The first-order valence-corrected chi connectivity index (χ1v) is 11.1. The number of hydrogen-bond donors (Lipinski definition) is 1. The summed E-state index contributed by atoms with van der Waals surface area (Å²) in [7, 11) is 0. The molecule has 3 heteroatoms. The molecule has 0 heterocycles. The molecule has 0 spiro atoms. The maximum atomic E-state index is 9.53. The molecule has 0 bridgehead atoms. The van der Waals surface area contributed by atoms with Crippen molar-refractivity contribution >= 4 is 27.1 Å². The molecule has 0 radical (unpaired) electrons. The third kappa shape index (κ3) is 5.36. The molecule has 2 atom stereocenters. The molecule has 1 aromatic rings. The van der Waals surface area contributed by atoms with Gasteiger partial charge in [0.1, 0.15) is 0 Å². The Morgan fingerprint density at radius 2 is 1.94 bits per heavy atom. The van der Waals surface area contributed by atoms with Gasteiger partial charge in [0.2, 0.25) is 0 Å². The Kier molecular flexibility index (Phi) is 7.99. The smallest absolute Gasteiger partial charge is 0.147 e. The van der Waals surface area contributed by atoms with Crippen molar-refractivity contribution in [3.05, 3.63) is 29.8 Å². The molecule has 1 aromatic carbocycles. The minimum atomic E-state index is -0.559. The second-order valence-electron chi connectivity index (χ2n) is 4.85. The van der Waals surface area contributed by atoms with Gasteiger partial charge in [0.25, 0.3) is 0 Å². The molecule has 1 nitrogen and oxygen atoms in total. The third-order valence-electron chi connectivity index (χ3n) is 3.08. The zero-order chi connectivity index (χ0) is 12.1. The average molecular weight is 319 g/mol. The number of benzene rings is 1. The van der Waals surface area contributed by atoms with Crippen molar-refractivity contribution in [3.8, 4) is 5.75 Å². The van der Waals surface area contributed by atoms with Gasteiger partial charge < -0.3 is 0 Å². The molecular formula is C14H24AsClO. The Morgan fingerprint density at radius 1 is 1.29 bits per heavy atom. The van der Waals surface area contributed by atoms with Crippen LogP contribution in [0.15, 0.2) is 24.3 Å². The minimum absolute atomic E-state index is 0. The van der Waals surface area contributed by atoms with Crippen molar-refractivity contribution in [2.75, 3.05) is 0 Å². The van der Waals surface area contributed by atoms with E-state index in [0.717, 1.165) is 12.3 Å². The molecule has 0 aliphatic rings. The zero-order valence-electron chi connectivity index (χ0n) is 11.2. The van der Waals surface area contributed by atoms with Crippen LogP contribution in [0.3, 0.4) is 0 Å². The number of aromatic hydroxyl groups is 1. The molecule has 98 valence electrons. The van der Waals surface area contributed by atoms with E-state index in [1.807, 2.05) is 12.1 Å². The largest absolute Gasteiger partial charge is 0.147 e. The zero-order valence-corrected chi connectivity index (χ0v) is 13.9. The molecular weight excluding hydrogens is 295 g/mol. The summed E-state index contributed by atoms with van der Waals surface area (Å²) in [6.45, 7) is 4.60. The van der Waals surface area contributed by atoms with E-state index in [0.29, 0.717) is 11.7 Å². The number of halogens is 1. The fraction of sp³-hybridized carbons (Fsp3) is 0.571. The number of rotatable bonds is 5. The van der Waals surface area contributed by atoms with Crippen molar-refractivity contribution in [3.63, 3.8) is 0 Å². The van der Waals surface area contributed by atoms with E-state index in [1.54, 1.807) is 6.07 Å². The molecule has 0 fully saturated rings. The normalized spacial score (nSPS) is 14.2. The van der Waals surface area contributed by atoms with Crippen LogP contribution < -0.4 is 0 Å². The maximum Gasteiger partial charge on any atom is -0.147 e. The van der Waals surface area contributed by atoms with Gasteiger partial charge in [-0.25, -0.2) is 0 Å². The summed E-state index contributed by atoms with van der Waals surface area (Å²) in [4.78, 5) is 0. The minimum Gasteiger partial charge on any atom is -0.147 e. The molecule has 0 saturated carbocycles. The van der Waals surface area contributed by atoms with Crippen LogP contribution in [0, 0.1) is 5.92 Å². The first-order valence-electron chi connectivity index (χ1n) is 5.98. The second-order valence-corrected chi connectivity index (χ2v) is 10.1. The number of phenols is 1. The van der Waals surface area contributed by atoms with Gasteiger partial charge >= 0.3 is 104 Å². The summed E-state index contributed by atoms with van der Waals surface area (Å²) in [5, 5.41) is 10.9. The molecule has 0 aliphatic heterocycles. The first kappa shape index (κ1) is 16.9. The maximum absolute atomic E-state index is 9.53. The van der Waals surface area contributed by atoms with Crippen LogP contribution in [0.1, 0.15) is 31.7 Å². The monoisotopic (exact) mass is 318 g/mol. The van der Waals surface area contributed by atoms with Gasteiger partial charge in [-0.1, -0.05) is 0 Å². The molecule has 0 saturated heterocycles. The predicted octanol–water partition coefficient (Wildman–Crippen LogP) is 4.70. The van der Waals surface area contributed by atoms with Crippen molar-refractivity contribution in [1.82, 2.24) is 0 Å². The van der Waals surface area contributed by atoms with Crippen LogP contribution in [0.5, 0.6) is 5.75 Å². The van der Waals surface area contributed by atoms with Crippen molar-refractivity contribution < 1.29 is 5.11 Å². The van der Waals surface area contributed by atoms with Gasteiger partial charge in [-0.05, 0) is 0 Å². The second kappa shape index (κ2) is 8.06. The van der Waals surface area contributed by atoms with Crippen LogP contribution in [-0.2, 0) is 0 Å². The molecule has 0 aliphatic carbocycles. The van der Waals surface area contributed by atoms with E-state index in [-0.39, 0.29) is 12.4 Å². The summed E-state index contributed by atoms with van der Waals surface area (Å²) in [5.41, 5.74) is 6.13.